The highest BCUT2D eigenvalue weighted by Gasteiger charge is 2.11. The Hall–Kier alpha value is -3.39. The van der Waals surface area contributed by atoms with Gasteiger partial charge in [-0.05, 0) is 24.3 Å². The number of nitrogens with one attached hydrogen (secondary N) is 1. The van der Waals surface area contributed by atoms with Crippen LogP contribution >= 0.6 is 11.8 Å². The molecule has 0 fully saturated rings. The maximum Gasteiger partial charge on any atom is 0.264 e. The molecule has 0 unspecified atom stereocenters. The smallest absolute Gasteiger partial charge is 0.264 e. The second-order valence-corrected chi connectivity index (χ2v) is 7.57. The maximum atomic E-state index is 12.5. The lowest BCUT2D eigenvalue weighted by atomic mass is 10.3. The van der Waals surface area contributed by atoms with E-state index in [0.29, 0.717) is 11.0 Å². The molecule has 0 atom stereocenters. The zero-order valence-corrected chi connectivity index (χ0v) is 16.6. The van der Waals surface area contributed by atoms with Gasteiger partial charge >= 0.3 is 0 Å². The van der Waals surface area contributed by atoms with E-state index in [2.05, 4.69) is 15.4 Å². The Kier molecular flexibility index (Phi) is 5.44. The monoisotopic (exact) mass is 405 g/mol. The van der Waals surface area contributed by atoms with Crippen LogP contribution in [0.25, 0.3) is 11.0 Å². The van der Waals surface area contributed by atoms with E-state index in [9.17, 15) is 9.59 Å². The van der Waals surface area contributed by atoms with Crippen LogP contribution in [0, 0.1) is 0 Å². The molecule has 2 aromatic heterocycles. The van der Waals surface area contributed by atoms with Crippen LogP contribution in [0.1, 0.15) is 6.42 Å². The molecule has 146 valence electrons. The lowest BCUT2D eigenvalue weighted by Gasteiger charge is -2.11. The Balaban J connectivity index is 1.44. The van der Waals surface area contributed by atoms with Crippen molar-refractivity contribution in [1.29, 1.82) is 0 Å². The number of para-hydroxylation sites is 1. The molecule has 0 radical (unpaired) electrons. The molecule has 8 heteroatoms. The molecule has 0 saturated heterocycles. The van der Waals surface area contributed by atoms with Gasteiger partial charge in [-0.2, -0.15) is 5.10 Å². The summed E-state index contributed by atoms with van der Waals surface area (Å²) in [5.41, 5.74) is 1.08. The van der Waals surface area contributed by atoms with Gasteiger partial charge in [-0.1, -0.05) is 42.1 Å². The van der Waals surface area contributed by atoms with Crippen LogP contribution in [0.15, 0.2) is 81.7 Å². The van der Waals surface area contributed by atoms with Crippen LogP contribution < -0.4 is 10.9 Å². The van der Waals surface area contributed by atoms with Crippen LogP contribution in [-0.2, 0) is 18.4 Å². The van der Waals surface area contributed by atoms with E-state index in [1.54, 1.807) is 23.5 Å². The number of hydrogen-bond donors (Lipinski definition) is 1. The summed E-state index contributed by atoms with van der Waals surface area (Å²) in [6.45, 7) is 0.247. The van der Waals surface area contributed by atoms with E-state index in [4.69, 9.17) is 0 Å². The number of carbonyl (C=O) groups excluding carboxylic acids is 1. The van der Waals surface area contributed by atoms with E-state index in [1.165, 1.54) is 17.1 Å². The first-order chi connectivity index (χ1) is 14.1. The highest BCUT2D eigenvalue weighted by Crippen LogP contribution is 2.33. The van der Waals surface area contributed by atoms with Gasteiger partial charge < -0.3 is 5.32 Å². The van der Waals surface area contributed by atoms with E-state index in [-0.39, 0.29) is 24.4 Å². The molecule has 0 aliphatic rings. The fraction of sp³-hybridized carbons (Fsp3) is 0.143. The van der Waals surface area contributed by atoms with Gasteiger partial charge in [0, 0.05) is 29.8 Å². The summed E-state index contributed by atoms with van der Waals surface area (Å²) in [7, 11) is 1.73. The molecular formula is C21H19N5O2S. The van der Waals surface area contributed by atoms with Crippen LogP contribution in [-0.4, -0.2) is 25.2 Å². The van der Waals surface area contributed by atoms with Gasteiger partial charge in [0.25, 0.3) is 5.56 Å². The summed E-state index contributed by atoms with van der Waals surface area (Å²) in [6, 6.07) is 17.6. The number of amides is 1. The number of anilines is 1. The van der Waals surface area contributed by atoms with Crippen molar-refractivity contribution in [3.63, 3.8) is 0 Å². The zero-order valence-electron chi connectivity index (χ0n) is 15.8. The van der Waals surface area contributed by atoms with Crippen LogP contribution in [0.3, 0.4) is 0 Å². The molecule has 2 heterocycles. The third-order valence-corrected chi connectivity index (χ3v) is 5.51. The number of aryl methyl sites for hydroxylation is 2. The molecule has 0 spiro atoms. The fourth-order valence-electron chi connectivity index (χ4n) is 2.93. The summed E-state index contributed by atoms with van der Waals surface area (Å²) in [5.74, 6) is -0.163. The van der Waals surface area contributed by atoms with E-state index >= 15 is 0 Å². The summed E-state index contributed by atoms with van der Waals surface area (Å²) >= 11 is 1.59. The Morgan fingerprint density at radius 1 is 1.10 bits per heavy atom. The quantitative estimate of drug-likeness (QED) is 0.532. The van der Waals surface area contributed by atoms with Gasteiger partial charge in [-0.3, -0.25) is 18.8 Å². The molecule has 0 aliphatic carbocycles. The van der Waals surface area contributed by atoms with E-state index in [1.807, 2.05) is 54.6 Å². The number of benzene rings is 2. The fourth-order valence-corrected chi connectivity index (χ4v) is 3.86. The topological polar surface area (TPSA) is 81.8 Å². The van der Waals surface area contributed by atoms with Gasteiger partial charge in [0.15, 0.2) is 5.65 Å². The third kappa shape index (κ3) is 4.22. The molecule has 0 bridgehead atoms. The molecule has 4 aromatic rings. The minimum absolute atomic E-state index is 0.163. The Labute approximate surface area is 171 Å². The van der Waals surface area contributed by atoms with Crippen molar-refractivity contribution in [2.45, 2.75) is 22.8 Å². The minimum atomic E-state index is -0.198. The van der Waals surface area contributed by atoms with Crippen LogP contribution in [0.5, 0.6) is 0 Å². The average Bonchev–Trinajstić information content (AvgIpc) is 3.11. The first kappa shape index (κ1) is 18.9. The van der Waals surface area contributed by atoms with Crippen LogP contribution in [0.4, 0.5) is 5.69 Å². The second kappa shape index (κ2) is 8.32. The Morgan fingerprint density at radius 2 is 1.86 bits per heavy atom. The summed E-state index contributed by atoms with van der Waals surface area (Å²) in [4.78, 5) is 31.3. The van der Waals surface area contributed by atoms with Gasteiger partial charge in [0.2, 0.25) is 5.91 Å². The molecule has 1 N–H and O–H groups in total. The average molecular weight is 405 g/mol. The SMILES string of the molecule is Cn1ncc2c(=O)n(CCC(=O)Nc3ccccc3Sc3ccccc3)cnc21. The predicted molar refractivity (Wildman–Crippen MR) is 113 cm³/mol. The van der Waals surface area contributed by atoms with Crippen molar-refractivity contribution < 1.29 is 4.79 Å². The van der Waals surface area contributed by atoms with Gasteiger partial charge in [-0.25, -0.2) is 4.98 Å². The van der Waals surface area contributed by atoms with Gasteiger partial charge in [0.05, 0.1) is 18.2 Å². The third-order valence-electron chi connectivity index (χ3n) is 4.43. The number of rotatable bonds is 6. The first-order valence-corrected chi connectivity index (χ1v) is 9.92. The van der Waals surface area contributed by atoms with Crippen molar-refractivity contribution >= 4 is 34.4 Å². The molecule has 4 rings (SSSR count). The summed E-state index contributed by atoms with van der Waals surface area (Å²) in [6.07, 6.45) is 3.12. The number of fused-ring (bicyclic) bond motifs is 1. The maximum absolute atomic E-state index is 12.5. The van der Waals surface area contributed by atoms with Crippen molar-refractivity contribution in [1.82, 2.24) is 19.3 Å². The van der Waals surface area contributed by atoms with Crippen molar-refractivity contribution in [2.75, 3.05) is 5.32 Å². The number of hydrogen-bond acceptors (Lipinski definition) is 5. The molecular weight excluding hydrogens is 386 g/mol. The van der Waals surface area contributed by atoms with Crippen LogP contribution in [0.2, 0.25) is 0 Å². The van der Waals surface area contributed by atoms with Crippen molar-refractivity contribution in [3.8, 4) is 0 Å². The van der Waals surface area contributed by atoms with E-state index in [0.717, 1.165) is 15.5 Å². The molecule has 29 heavy (non-hydrogen) atoms. The molecule has 0 saturated carbocycles. The minimum Gasteiger partial charge on any atom is -0.325 e. The largest absolute Gasteiger partial charge is 0.325 e. The summed E-state index contributed by atoms with van der Waals surface area (Å²) < 4.78 is 2.99. The van der Waals surface area contributed by atoms with Crippen molar-refractivity contribution in [2.24, 2.45) is 7.05 Å². The standard InChI is InChI=1S/C21H19N5O2S/c1-25-20-16(13-23-25)21(28)26(14-22-20)12-11-19(27)24-17-9-5-6-10-18(17)29-15-7-3-2-4-8-15/h2-10,13-14H,11-12H2,1H3,(H,24,27). The normalized spacial score (nSPS) is 10.9. The summed E-state index contributed by atoms with van der Waals surface area (Å²) in [5, 5.41) is 7.45. The first-order valence-electron chi connectivity index (χ1n) is 9.11. The molecule has 1 amide bonds. The molecule has 2 aromatic carbocycles. The Morgan fingerprint density at radius 3 is 2.69 bits per heavy atom. The number of carbonyl (C=O) groups is 1. The predicted octanol–water partition coefficient (Wildman–Crippen LogP) is 3.31. The second-order valence-electron chi connectivity index (χ2n) is 6.46. The van der Waals surface area contributed by atoms with Crippen molar-refractivity contribution in [3.05, 3.63) is 77.5 Å². The lowest BCUT2D eigenvalue weighted by Crippen LogP contribution is -2.23. The molecule has 7 nitrogen and oxygen atoms in total. The van der Waals surface area contributed by atoms with Gasteiger partial charge in [0.1, 0.15) is 5.39 Å². The highest BCUT2D eigenvalue weighted by molar-refractivity contribution is 7.99. The highest BCUT2D eigenvalue weighted by atomic mass is 32.2. The number of nitrogens with zero attached hydrogens (tertiary/aromatic N) is 4. The lowest BCUT2D eigenvalue weighted by molar-refractivity contribution is -0.116. The zero-order chi connectivity index (χ0) is 20.2. The van der Waals surface area contributed by atoms with Gasteiger partial charge in [-0.15, -0.1) is 0 Å². The number of aromatic nitrogens is 4. The Bertz CT molecular complexity index is 1220. The van der Waals surface area contributed by atoms with E-state index < -0.39 is 0 Å². The molecule has 0 aliphatic heterocycles.